The van der Waals surface area contributed by atoms with Crippen molar-refractivity contribution in [2.45, 2.75) is 13.3 Å². The molecule has 5 heteroatoms. The van der Waals surface area contributed by atoms with Gasteiger partial charge in [0, 0.05) is 7.05 Å². The summed E-state index contributed by atoms with van der Waals surface area (Å²) in [7, 11) is 3.10. The van der Waals surface area contributed by atoms with E-state index in [9.17, 15) is 4.79 Å². The minimum atomic E-state index is -0.300. The first kappa shape index (κ1) is 8.70. The van der Waals surface area contributed by atoms with Crippen molar-refractivity contribution in [3.63, 3.8) is 0 Å². The van der Waals surface area contributed by atoms with Crippen molar-refractivity contribution < 1.29 is 9.53 Å². The minimum absolute atomic E-state index is 0.174. The fraction of sp³-hybridized carbons (Fsp3) is 0.571. The van der Waals surface area contributed by atoms with Crippen LogP contribution in [-0.4, -0.2) is 27.8 Å². The van der Waals surface area contributed by atoms with Crippen molar-refractivity contribution in [3.8, 4) is 0 Å². The third-order valence-electron chi connectivity index (χ3n) is 1.49. The van der Waals surface area contributed by atoms with E-state index in [4.69, 9.17) is 0 Å². The van der Waals surface area contributed by atoms with Crippen LogP contribution in [0.25, 0.3) is 0 Å². The Kier molecular flexibility index (Phi) is 2.42. The highest BCUT2D eigenvalue weighted by Gasteiger charge is 2.09. The Balaban J connectivity index is 2.75. The Morgan fingerprint density at radius 3 is 2.75 bits per heavy atom. The fourth-order valence-electron chi connectivity index (χ4n) is 0.912. The molecule has 1 rings (SSSR count). The van der Waals surface area contributed by atoms with Crippen LogP contribution < -0.4 is 0 Å². The van der Waals surface area contributed by atoms with Gasteiger partial charge in [0.1, 0.15) is 18.1 Å². The second kappa shape index (κ2) is 3.34. The van der Waals surface area contributed by atoms with Crippen molar-refractivity contribution in [2.75, 3.05) is 7.11 Å². The second-order valence-corrected chi connectivity index (χ2v) is 2.45. The SMILES string of the molecule is COC(=O)Cc1nc(C)nn1C. The van der Waals surface area contributed by atoms with Gasteiger partial charge in [-0.3, -0.25) is 9.48 Å². The molecule has 0 atom stereocenters. The average Bonchev–Trinajstić information content (AvgIpc) is 2.30. The summed E-state index contributed by atoms with van der Waals surface area (Å²) in [6.45, 7) is 1.78. The Hall–Kier alpha value is -1.39. The summed E-state index contributed by atoms with van der Waals surface area (Å²) < 4.78 is 6.07. The predicted octanol–water partition coefficient (Wildman–Crippen LogP) is -0.161. The molecule has 0 N–H and O–H groups in total. The molecule has 1 heterocycles. The number of carbonyl (C=O) groups excluding carboxylic acids is 1. The summed E-state index contributed by atoms with van der Waals surface area (Å²) in [5, 5.41) is 4.00. The van der Waals surface area contributed by atoms with Crippen LogP contribution >= 0.6 is 0 Å². The predicted molar refractivity (Wildman–Crippen MR) is 41.5 cm³/mol. The normalized spacial score (nSPS) is 9.92. The number of hydrogen-bond donors (Lipinski definition) is 0. The van der Waals surface area contributed by atoms with Crippen LogP contribution in [0.5, 0.6) is 0 Å². The highest BCUT2D eigenvalue weighted by atomic mass is 16.5. The van der Waals surface area contributed by atoms with Gasteiger partial charge < -0.3 is 4.74 Å². The second-order valence-electron chi connectivity index (χ2n) is 2.45. The highest BCUT2D eigenvalue weighted by Crippen LogP contribution is 1.97. The first-order valence-corrected chi connectivity index (χ1v) is 3.57. The number of ether oxygens (including phenoxy) is 1. The van der Waals surface area contributed by atoms with E-state index in [2.05, 4.69) is 14.8 Å². The van der Waals surface area contributed by atoms with Crippen LogP contribution in [0.1, 0.15) is 11.6 Å². The maximum Gasteiger partial charge on any atom is 0.313 e. The summed E-state index contributed by atoms with van der Waals surface area (Å²) in [5.41, 5.74) is 0. The maximum absolute atomic E-state index is 10.8. The largest absolute Gasteiger partial charge is 0.469 e. The van der Waals surface area contributed by atoms with Crippen LogP contribution in [0.4, 0.5) is 0 Å². The number of hydrogen-bond acceptors (Lipinski definition) is 4. The maximum atomic E-state index is 10.8. The Morgan fingerprint density at radius 1 is 1.67 bits per heavy atom. The lowest BCUT2D eigenvalue weighted by Gasteiger charge is -1.97. The van der Waals surface area contributed by atoms with Crippen molar-refractivity contribution >= 4 is 5.97 Å². The number of aromatic nitrogens is 3. The van der Waals surface area contributed by atoms with Crippen molar-refractivity contribution in [3.05, 3.63) is 11.6 Å². The molecule has 0 saturated heterocycles. The van der Waals surface area contributed by atoms with Crippen LogP contribution in [0.15, 0.2) is 0 Å². The van der Waals surface area contributed by atoms with Gasteiger partial charge in [-0.05, 0) is 6.92 Å². The van der Waals surface area contributed by atoms with E-state index in [-0.39, 0.29) is 12.4 Å². The summed E-state index contributed by atoms with van der Waals surface area (Å²) in [6.07, 6.45) is 0.174. The molecular weight excluding hydrogens is 158 g/mol. The van der Waals surface area contributed by atoms with E-state index in [1.165, 1.54) is 7.11 Å². The monoisotopic (exact) mass is 169 g/mol. The summed E-state index contributed by atoms with van der Waals surface area (Å²) in [6, 6.07) is 0. The molecule has 0 saturated carbocycles. The number of nitrogens with zero attached hydrogens (tertiary/aromatic N) is 3. The zero-order valence-corrected chi connectivity index (χ0v) is 7.37. The number of aryl methyl sites for hydroxylation is 2. The van der Waals surface area contributed by atoms with Gasteiger partial charge in [-0.1, -0.05) is 0 Å². The number of carbonyl (C=O) groups is 1. The zero-order valence-electron chi connectivity index (χ0n) is 7.37. The van der Waals surface area contributed by atoms with Crippen LogP contribution in [-0.2, 0) is 23.0 Å². The molecule has 0 aromatic carbocycles. The van der Waals surface area contributed by atoms with Gasteiger partial charge in [-0.15, -0.1) is 0 Å². The van der Waals surface area contributed by atoms with Crippen molar-refractivity contribution in [1.29, 1.82) is 0 Å². The Bertz CT molecular complexity index is 293. The molecule has 0 unspecified atom stereocenters. The molecule has 1 aromatic heterocycles. The van der Waals surface area contributed by atoms with Crippen LogP contribution in [0, 0.1) is 6.92 Å². The molecule has 0 amide bonds. The van der Waals surface area contributed by atoms with Crippen molar-refractivity contribution in [1.82, 2.24) is 14.8 Å². The summed E-state index contributed by atoms with van der Waals surface area (Å²) in [5.74, 6) is 0.987. The van der Waals surface area contributed by atoms with Crippen LogP contribution in [0.3, 0.4) is 0 Å². The number of esters is 1. The standard InChI is InChI=1S/C7H11N3O2/c1-5-8-6(10(2)9-5)4-7(11)12-3/h4H2,1-3H3. The fourth-order valence-corrected chi connectivity index (χ4v) is 0.912. The van der Waals surface area contributed by atoms with Gasteiger partial charge in [0.05, 0.1) is 7.11 Å². The molecule has 5 nitrogen and oxygen atoms in total. The summed E-state index contributed by atoms with van der Waals surface area (Å²) >= 11 is 0. The molecule has 0 bridgehead atoms. The average molecular weight is 169 g/mol. The molecular formula is C7H11N3O2. The minimum Gasteiger partial charge on any atom is -0.469 e. The first-order valence-electron chi connectivity index (χ1n) is 3.57. The van der Waals surface area contributed by atoms with E-state index in [0.29, 0.717) is 11.6 Å². The van der Waals surface area contributed by atoms with E-state index in [1.54, 1.807) is 18.7 Å². The lowest BCUT2D eigenvalue weighted by molar-refractivity contribution is -0.139. The first-order chi connectivity index (χ1) is 5.63. The molecule has 0 fully saturated rings. The van der Waals surface area contributed by atoms with Gasteiger partial charge in [-0.2, -0.15) is 5.10 Å². The molecule has 12 heavy (non-hydrogen) atoms. The highest BCUT2D eigenvalue weighted by molar-refractivity contribution is 5.71. The quantitative estimate of drug-likeness (QED) is 0.577. The van der Waals surface area contributed by atoms with Gasteiger partial charge >= 0.3 is 5.97 Å². The smallest absolute Gasteiger partial charge is 0.313 e. The van der Waals surface area contributed by atoms with Crippen LogP contribution in [0.2, 0.25) is 0 Å². The third-order valence-corrected chi connectivity index (χ3v) is 1.49. The van der Waals surface area contributed by atoms with Gasteiger partial charge in [-0.25, -0.2) is 4.98 Å². The third kappa shape index (κ3) is 1.81. The van der Waals surface area contributed by atoms with Gasteiger partial charge in [0.15, 0.2) is 0 Å². The lowest BCUT2D eigenvalue weighted by atomic mass is 10.4. The molecule has 0 aliphatic rings. The molecule has 0 spiro atoms. The van der Waals surface area contributed by atoms with Gasteiger partial charge in [0.2, 0.25) is 0 Å². The molecule has 0 aliphatic carbocycles. The van der Waals surface area contributed by atoms with E-state index >= 15 is 0 Å². The Labute approximate surface area is 70.4 Å². The lowest BCUT2D eigenvalue weighted by Crippen LogP contribution is -2.09. The van der Waals surface area contributed by atoms with Crippen molar-refractivity contribution in [2.24, 2.45) is 7.05 Å². The number of rotatable bonds is 2. The topological polar surface area (TPSA) is 57.0 Å². The summed E-state index contributed by atoms with van der Waals surface area (Å²) in [4.78, 5) is 14.9. The molecule has 0 radical (unpaired) electrons. The van der Waals surface area contributed by atoms with E-state index in [0.717, 1.165) is 0 Å². The zero-order chi connectivity index (χ0) is 9.14. The Morgan fingerprint density at radius 2 is 2.33 bits per heavy atom. The molecule has 1 aromatic rings. The van der Waals surface area contributed by atoms with Gasteiger partial charge in [0.25, 0.3) is 0 Å². The molecule has 66 valence electrons. The molecule has 0 aliphatic heterocycles. The number of methoxy groups -OCH3 is 1. The van der Waals surface area contributed by atoms with E-state index in [1.807, 2.05) is 0 Å². The van der Waals surface area contributed by atoms with E-state index < -0.39 is 0 Å².